The number of benzene rings is 2. The zero-order chi connectivity index (χ0) is 22.9. The van der Waals surface area contributed by atoms with E-state index in [-0.39, 0.29) is 24.5 Å². The molecule has 0 unspecified atom stereocenters. The molecule has 0 aliphatic heterocycles. The van der Waals surface area contributed by atoms with Crippen molar-refractivity contribution in [3.05, 3.63) is 54.1 Å². The summed E-state index contributed by atoms with van der Waals surface area (Å²) in [4.78, 5) is 27.6. The minimum absolute atomic E-state index is 0.135. The van der Waals surface area contributed by atoms with E-state index in [2.05, 4.69) is 5.32 Å². The largest absolute Gasteiger partial charge is 0.496 e. The van der Waals surface area contributed by atoms with Crippen LogP contribution < -0.4 is 19.5 Å². The number of hydrogen-bond acceptors (Lipinski definition) is 5. The highest BCUT2D eigenvalue weighted by atomic mass is 16.5. The number of nitrogens with one attached hydrogen (secondary N) is 1. The van der Waals surface area contributed by atoms with Crippen molar-refractivity contribution in [1.82, 2.24) is 10.2 Å². The molecule has 0 saturated heterocycles. The van der Waals surface area contributed by atoms with Gasteiger partial charge in [0.25, 0.3) is 5.91 Å². The fourth-order valence-electron chi connectivity index (χ4n) is 3.85. The van der Waals surface area contributed by atoms with Gasteiger partial charge in [-0.3, -0.25) is 9.59 Å². The van der Waals surface area contributed by atoms with E-state index >= 15 is 0 Å². The van der Waals surface area contributed by atoms with E-state index in [4.69, 9.17) is 14.2 Å². The number of ether oxygens (including phenoxy) is 3. The van der Waals surface area contributed by atoms with Gasteiger partial charge in [-0.05, 0) is 25.3 Å². The fraction of sp³-hybridized carbons (Fsp3) is 0.440. The first-order valence-electron chi connectivity index (χ1n) is 11.0. The zero-order valence-corrected chi connectivity index (χ0v) is 19.0. The van der Waals surface area contributed by atoms with Gasteiger partial charge < -0.3 is 24.4 Å². The SMILES string of the molecule is COc1cc(OC)cc(OCC(=O)N(Cc2ccccc2)[C@H](C)C(=O)NC2CCCC2)c1. The van der Waals surface area contributed by atoms with Gasteiger partial charge in [-0.25, -0.2) is 0 Å². The summed E-state index contributed by atoms with van der Waals surface area (Å²) in [6.07, 6.45) is 4.24. The second-order valence-electron chi connectivity index (χ2n) is 8.01. The molecule has 0 radical (unpaired) electrons. The van der Waals surface area contributed by atoms with E-state index in [9.17, 15) is 9.59 Å². The molecule has 2 amide bonds. The third kappa shape index (κ3) is 6.39. The average molecular weight is 441 g/mol. The van der Waals surface area contributed by atoms with E-state index < -0.39 is 6.04 Å². The van der Waals surface area contributed by atoms with Crippen molar-refractivity contribution < 1.29 is 23.8 Å². The number of rotatable bonds is 10. The molecule has 1 saturated carbocycles. The molecule has 2 aromatic rings. The first-order chi connectivity index (χ1) is 15.5. The Labute approximate surface area is 189 Å². The van der Waals surface area contributed by atoms with Crippen LogP contribution >= 0.6 is 0 Å². The molecule has 0 bridgehead atoms. The second kappa shape index (κ2) is 11.4. The van der Waals surface area contributed by atoms with Crippen LogP contribution in [0.15, 0.2) is 48.5 Å². The highest BCUT2D eigenvalue weighted by molar-refractivity contribution is 5.88. The Morgan fingerprint density at radius 2 is 1.59 bits per heavy atom. The lowest BCUT2D eigenvalue weighted by atomic mass is 10.1. The van der Waals surface area contributed by atoms with E-state index in [1.165, 1.54) is 0 Å². The number of nitrogens with zero attached hydrogens (tertiary/aromatic N) is 1. The number of amides is 2. The molecule has 7 nitrogen and oxygen atoms in total. The first kappa shape index (κ1) is 23.4. The van der Waals surface area contributed by atoms with Gasteiger partial charge in [0.15, 0.2) is 6.61 Å². The average Bonchev–Trinajstić information content (AvgIpc) is 3.33. The van der Waals surface area contributed by atoms with Crippen molar-refractivity contribution in [2.24, 2.45) is 0 Å². The van der Waals surface area contributed by atoms with Gasteiger partial charge in [0.1, 0.15) is 23.3 Å². The van der Waals surface area contributed by atoms with Crippen molar-refractivity contribution in [3.8, 4) is 17.2 Å². The summed E-state index contributed by atoms with van der Waals surface area (Å²) in [5, 5.41) is 3.10. The Hall–Kier alpha value is -3.22. The molecule has 1 aliphatic carbocycles. The minimum Gasteiger partial charge on any atom is -0.496 e. The molecule has 1 aliphatic rings. The topological polar surface area (TPSA) is 77.1 Å². The molecule has 3 rings (SSSR count). The third-order valence-corrected chi connectivity index (χ3v) is 5.75. The molecule has 0 spiro atoms. The van der Waals surface area contributed by atoms with Gasteiger partial charge in [0.2, 0.25) is 5.91 Å². The van der Waals surface area contributed by atoms with Crippen LogP contribution in [0.3, 0.4) is 0 Å². The zero-order valence-electron chi connectivity index (χ0n) is 19.0. The third-order valence-electron chi connectivity index (χ3n) is 5.75. The summed E-state index contributed by atoms with van der Waals surface area (Å²) >= 11 is 0. The van der Waals surface area contributed by atoms with Gasteiger partial charge in [-0.15, -0.1) is 0 Å². The molecule has 0 aromatic heterocycles. The van der Waals surface area contributed by atoms with Crippen LogP contribution in [0.25, 0.3) is 0 Å². The normalized spacial score (nSPS) is 14.5. The molecule has 1 atom stereocenters. The quantitative estimate of drug-likeness (QED) is 0.611. The maximum atomic E-state index is 13.2. The van der Waals surface area contributed by atoms with Crippen LogP contribution in [0.1, 0.15) is 38.2 Å². The van der Waals surface area contributed by atoms with E-state index in [0.717, 1.165) is 31.2 Å². The van der Waals surface area contributed by atoms with Crippen LogP contribution in [-0.4, -0.2) is 49.6 Å². The van der Waals surface area contributed by atoms with Crippen LogP contribution in [0.4, 0.5) is 0 Å². The molecular formula is C25H32N2O5. The summed E-state index contributed by atoms with van der Waals surface area (Å²) < 4.78 is 16.3. The predicted octanol–water partition coefficient (Wildman–Crippen LogP) is 3.56. The Morgan fingerprint density at radius 1 is 1.00 bits per heavy atom. The molecule has 0 heterocycles. The van der Waals surface area contributed by atoms with Gasteiger partial charge in [0, 0.05) is 30.8 Å². The van der Waals surface area contributed by atoms with Crippen LogP contribution in [-0.2, 0) is 16.1 Å². The highest BCUT2D eigenvalue weighted by Crippen LogP contribution is 2.27. The second-order valence-corrected chi connectivity index (χ2v) is 8.01. The molecule has 1 N–H and O–H groups in total. The summed E-state index contributed by atoms with van der Waals surface area (Å²) in [6.45, 7) is 1.88. The number of carbonyl (C=O) groups is 2. The monoisotopic (exact) mass is 440 g/mol. The van der Waals surface area contributed by atoms with Gasteiger partial charge in [0.05, 0.1) is 14.2 Å². The Kier molecular flexibility index (Phi) is 8.36. The highest BCUT2D eigenvalue weighted by Gasteiger charge is 2.28. The number of hydrogen-bond donors (Lipinski definition) is 1. The molecule has 32 heavy (non-hydrogen) atoms. The molecular weight excluding hydrogens is 408 g/mol. The summed E-state index contributed by atoms with van der Waals surface area (Å²) in [6, 6.07) is 14.3. The van der Waals surface area contributed by atoms with Crippen LogP contribution in [0, 0.1) is 0 Å². The minimum atomic E-state index is -0.619. The molecule has 1 fully saturated rings. The smallest absolute Gasteiger partial charge is 0.261 e. The Bertz CT molecular complexity index is 874. The van der Waals surface area contributed by atoms with Gasteiger partial charge in [-0.2, -0.15) is 0 Å². The van der Waals surface area contributed by atoms with E-state index in [0.29, 0.717) is 23.8 Å². The van der Waals surface area contributed by atoms with Gasteiger partial charge >= 0.3 is 0 Å². The predicted molar refractivity (Wildman–Crippen MR) is 122 cm³/mol. The maximum absolute atomic E-state index is 13.2. The van der Waals surface area contributed by atoms with E-state index in [1.807, 2.05) is 30.3 Å². The summed E-state index contributed by atoms with van der Waals surface area (Å²) in [5.74, 6) is 1.18. The fourth-order valence-corrected chi connectivity index (χ4v) is 3.85. The number of methoxy groups -OCH3 is 2. The van der Waals surface area contributed by atoms with Crippen molar-refractivity contribution in [2.45, 2.75) is 51.2 Å². The molecule has 172 valence electrons. The van der Waals surface area contributed by atoms with Crippen molar-refractivity contribution in [3.63, 3.8) is 0 Å². The van der Waals surface area contributed by atoms with Crippen LogP contribution in [0.5, 0.6) is 17.2 Å². The Balaban J connectivity index is 1.71. The molecule has 2 aromatic carbocycles. The first-order valence-corrected chi connectivity index (χ1v) is 11.0. The lowest BCUT2D eigenvalue weighted by molar-refractivity contribution is -0.142. The Morgan fingerprint density at radius 3 is 2.19 bits per heavy atom. The standard InChI is InChI=1S/C25H32N2O5/c1-18(25(29)26-20-11-7-8-12-20)27(16-19-9-5-4-6-10-19)24(28)17-32-23-14-21(30-2)13-22(15-23)31-3/h4-6,9-10,13-15,18,20H,7-8,11-12,16-17H2,1-3H3,(H,26,29)/t18-/m1/s1. The number of carbonyl (C=O) groups excluding carboxylic acids is 2. The van der Waals surface area contributed by atoms with Crippen molar-refractivity contribution in [1.29, 1.82) is 0 Å². The maximum Gasteiger partial charge on any atom is 0.261 e. The van der Waals surface area contributed by atoms with E-state index in [1.54, 1.807) is 44.2 Å². The summed E-state index contributed by atoms with van der Waals surface area (Å²) in [7, 11) is 3.10. The van der Waals surface area contributed by atoms with Crippen LogP contribution in [0.2, 0.25) is 0 Å². The lowest BCUT2D eigenvalue weighted by Crippen LogP contribution is -2.50. The summed E-state index contributed by atoms with van der Waals surface area (Å²) in [5.41, 5.74) is 0.949. The lowest BCUT2D eigenvalue weighted by Gasteiger charge is -2.29. The molecule has 7 heteroatoms. The van der Waals surface area contributed by atoms with Crippen molar-refractivity contribution in [2.75, 3.05) is 20.8 Å². The van der Waals surface area contributed by atoms with Crippen molar-refractivity contribution >= 4 is 11.8 Å². The van der Waals surface area contributed by atoms with Gasteiger partial charge in [-0.1, -0.05) is 43.2 Å².